The van der Waals surface area contributed by atoms with Crippen LogP contribution in [0.15, 0.2) is 18.2 Å². The van der Waals surface area contributed by atoms with Gasteiger partial charge in [-0.3, -0.25) is 0 Å². The average molecular weight is 361 g/mol. The van der Waals surface area contributed by atoms with Crippen LogP contribution in [-0.4, -0.2) is 36.6 Å². The molecule has 0 amide bonds. The summed E-state index contributed by atoms with van der Waals surface area (Å²) in [5.41, 5.74) is 1.38. The van der Waals surface area contributed by atoms with E-state index in [9.17, 15) is 4.39 Å². The topological polar surface area (TPSA) is 39.7 Å². The second-order valence-corrected chi connectivity index (χ2v) is 8.85. The Morgan fingerprint density at radius 2 is 1.81 bits per heavy atom. The molecule has 4 nitrogen and oxygen atoms in total. The van der Waals surface area contributed by atoms with Gasteiger partial charge in [0.2, 0.25) is 0 Å². The van der Waals surface area contributed by atoms with Gasteiger partial charge in [0.05, 0.1) is 11.2 Å². The summed E-state index contributed by atoms with van der Waals surface area (Å²) in [4.78, 5) is 0. The Morgan fingerprint density at radius 3 is 2.35 bits per heavy atom. The number of rotatable bonds is 6. The number of ether oxygens (including phenoxy) is 1. The van der Waals surface area contributed by atoms with Crippen LogP contribution in [-0.2, 0) is 15.9 Å². The van der Waals surface area contributed by atoms with Crippen molar-refractivity contribution < 1.29 is 18.4 Å². The number of hydrogen-bond acceptors (Lipinski definition) is 4. The maximum atomic E-state index is 13.5. The summed E-state index contributed by atoms with van der Waals surface area (Å²) in [6.07, 6.45) is 2.71. The molecule has 1 N–H and O–H groups in total. The molecular formula is C20H29BFNO3. The third kappa shape index (κ3) is 3.51. The normalized spacial score (nSPS) is 29.5. The molecule has 0 radical (unpaired) electrons. The molecule has 1 unspecified atom stereocenters. The highest BCUT2D eigenvalue weighted by Gasteiger charge is 2.52. The van der Waals surface area contributed by atoms with E-state index in [4.69, 9.17) is 14.0 Å². The summed E-state index contributed by atoms with van der Waals surface area (Å²) < 4.78 is 31.9. The van der Waals surface area contributed by atoms with E-state index in [1.54, 1.807) is 0 Å². The van der Waals surface area contributed by atoms with Gasteiger partial charge in [-0.2, -0.15) is 0 Å². The maximum Gasteiger partial charge on any atom is 0.495 e. The zero-order valence-electron chi connectivity index (χ0n) is 16.2. The predicted octanol–water partition coefficient (Wildman–Crippen LogP) is 3.12. The van der Waals surface area contributed by atoms with E-state index >= 15 is 0 Å². The Labute approximate surface area is 155 Å². The number of halogens is 1. The average Bonchev–Trinajstić information content (AvgIpc) is 3.36. The molecule has 1 heterocycles. The van der Waals surface area contributed by atoms with Gasteiger partial charge in [0.25, 0.3) is 0 Å². The first-order chi connectivity index (χ1) is 12.2. The fourth-order valence-corrected chi connectivity index (χ4v) is 3.29. The molecule has 6 heteroatoms. The van der Waals surface area contributed by atoms with E-state index in [0.717, 1.165) is 29.7 Å². The highest BCUT2D eigenvalue weighted by Crippen LogP contribution is 2.37. The van der Waals surface area contributed by atoms with Crippen LogP contribution >= 0.6 is 0 Å². The second-order valence-electron chi connectivity index (χ2n) is 8.85. The van der Waals surface area contributed by atoms with Gasteiger partial charge in [-0.05, 0) is 76.5 Å². The molecule has 0 bridgehead atoms. The minimum absolute atomic E-state index is 0.304. The van der Waals surface area contributed by atoms with Crippen molar-refractivity contribution in [1.29, 1.82) is 0 Å². The fraction of sp³-hybridized carbons (Fsp3) is 0.700. The molecule has 2 saturated carbocycles. The van der Waals surface area contributed by atoms with E-state index in [1.807, 2.05) is 18.2 Å². The molecule has 3 aliphatic rings. The summed E-state index contributed by atoms with van der Waals surface area (Å²) in [6.45, 7) is 8.98. The smallest absolute Gasteiger partial charge is 0.487 e. The van der Waals surface area contributed by atoms with Crippen molar-refractivity contribution in [3.05, 3.63) is 23.8 Å². The molecule has 0 spiro atoms. The van der Waals surface area contributed by atoms with Crippen LogP contribution in [0.3, 0.4) is 0 Å². The molecule has 1 aromatic carbocycles. The van der Waals surface area contributed by atoms with Gasteiger partial charge >= 0.3 is 7.12 Å². The predicted molar refractivity (Wildman–Crippen MR) is 101 cm³/mol. The van der Waals surface area contributed by atoms with Crippen LogP contribution in [0.4, 0.5) is 4.39 Å². The third-order valence-electron chi connectivity index (χ3n) is 6.20. The lowest BCUT2D eigenvalue weighted by atomic mass is 9.75. The Kier molecular flexibility index (Phi) is 4.57. The molecule has 4 rings (SSSR count). The van der Waals surface area contributed by atoms with Crippen molar-refractivity contribution >= 4 is 12.6 Å². The molecule has 1 saturated heterocycles. The molecule has 2 atom stereocenters. The van der Waals surface area contributed by atoms with Crippen molar-refractivity contribution in [3.63, 3.8) is 0 Å². The van der Waals surface area contributed by atoms with Crippen molar-refractivity contribution in [2.75, 3.05) is 0 Å². The van der Waals surface area contributed by atoms with E-state index in [2.05, 4.69) is 33.0 Å². The van der Waals surface area contributed by atoms with Gasteiger partial charge in [0, 0.05) is 12.6 Å². The second kappa shape index (κ2) is 6.50. The van der Waals surface area contributed by atoms with Crippen molar-refractivity contribution in [2.45, 2.75) is 89.4 Å². The summed E-state index contributed by atoms with van der Waals surface area (Å²) in [6, 6.07) is 6.53. The van der Waals surface area contributed by atoms with Crippen LogP contribution < -0.4 is 15.5 Å². The summed E-state index contributed by atoms with van der Waals surface area (Å²) in [5, 5.41) is 3.55. The van der Waals surface area contributed by atoms with E-state index in [0.29, 0.717) is 12.5 Å². The summed E-state index contributed by atoms with van der Waals surface area (Å²) >= 11 is 0. The monoisotopic (exact) mass is 361 g/mol. The van der Waals surface area contributed by atoms with Crippen LogP contribution in [0.2, 0.25) is 0 Å². The van der Waals surface area contributed by atoms with Gasteiger partial charge in [0.1, 0.15) is 18.0 Å². The molecule has 3 fully saturated rings. The Morgan fingerprint density at radius 1 is 1.12 bits per heavy atom. The van der Waals surface area contributed by atoms with Gasteiger partial charge < -0.3 is 19.4 Å². The number of alkyl halides is 1. The first-order valence-corrected chi connectivity index (χ1v) is 9.78. The number of nitrogens with one attached hydrogen (secondary N) is 1. The summed E-state index contributed by atoms with van der Waals surface area (Å²) in [5.74, 6) is 0.727. The molecule has 1 aliphatic heterocycles. The third-order valence-corrected chi connectivity index (χ3v) is 6.20. The van der Waals surface area contributed by atoms with E-state index in [-0.39, 0.29) is 17.3 Å². The fourth-order valence-electron chi connectivity index (χ4n) is 3.29. The van der Waals surface area contributed by atoms with Gasteiger partial charge in [-0.15, -0.1) is 0 Å². The van der Waals surface area contributed by atoms with Crippen molar-refractivity contribution in [2.24, 2.45) is 0 Å². The SMILES string of the molecule is CC1(C)OB(c2ccc(O[C@H]3CCC3F)cc2CNC2CC2)OC1(C)C. The molecule has 0 aromatic heterocycles. The van der Waals surface area contributed by atoms with E-state index < -0.39 is 13.3 Å². The lowest BCUT2D eigenvalue weighted by Crippen LogP contribution is -2.41. The zero-order valence-corrected chi connectivity index (χ0v) is 16.2. The van der Waals surface area contributed by atoms with E-state index in [1.165, 1.54) is 12.8 Å². The zero-order chi connectivity index (χ0) is 18.5. The lowest BCUT2D eigenvalue weighted by molar-refractivity contribution is 0.00578. The van der Waals surface area contributed by atoms with Gasteiger partial charge in [-0.1, -0.05) is 6.07 Å². The standard InChI is InChI=1S/C20H29BFNO3/c1-19(2)20(3,4)26-21(25-19)16-8-7-15(24-18-10-9-17(18)22)11-13(16)12-23-14-5-6-14/h7-8,11,14,17-18,23H,5-6,9-10,12H2,1-4H3/t17?,18-/m0/s1. The van der Waals surface area contributed by atoms with Crippen LogP contribution in [0, 0.1) is 0 Å². The molecule has 142 valence electrons. The quantitative estimate of drug-likeness (QED) is 0.791. The lowest BCUT2D eigenvalue weighted by Gasteiger charge is -2.32. The van der Waals surface area contributed by atoms with Crippen LogP contribution in [0.5, 0.6) is 5.75 Å². The maximum absolute atomic E-state index is 13.5. The van der Waals surface area contributed by atoms with Gasteiger partial charge in [-0.25, -0.2) is 4.39 Å². The number of hydrogen-bond donors (Lipinski definition) is 1. The van der Waals surface area contributed by atoms with Crippen LogP contribution in [0.25, 0.3) is 0 Å². The minimum atomic E-state index is -0.842. The van der Waals surface area contributed by atoms with Crippen molar-refractivity contribution in [1.82, 2.24) is 5.32 Å². The van der Waals surface area contributed by atoms with Crippen molar-refractivity contribution in [3.8, 4) is 5.75 Å². The largest absolute Gasteiger partial charge is 0.495 e. The Balaban J connectivity index is 1.56. The first-order valence-electron chi connectivity index (χ1n) is 9.78. The molecular weight excluding hydrogens is 332 g/mol. The highest BCUT2D eigenvalue weighted by molar-refractivity contribution is 6.62. The number of benzene rings is 1. The first kappa shape index (κ1) is 18.3. The highest BCUT2D eigenvalue weighted by atomic mass is 19.1. The Hall–Kier alpha value is -1.11. The molecule has 2 aliphatic carbocycles. The van der Waals surface area contributed by atoms with Gasteiger partial charge in [0.15, 0.2) is 0 Å². The summed E-state index contributed by atoms with van der Waals surface area (Å²) in [7, 11) is -0.400. The minimum Gasteiger partial charge on any atom is -0.487 e. The molecule has 26 heavy (non-hydrogen) atoms. The van der Waals surface area contributed by atoms with Crippen LogP contribution in [0.1, 0.15) is 58.9 Å². The Bertz CT molecular complexity index is 661. The molecule has 1 aromatic rings.